The number of aryl methyl sites for hydroxylation is 2. The van der Waals surface area contributed by atoms with Crippen molar-refractivity contribution < 1.29 is 9.90 Å². The van der Waals surface area contributed by atoms with Gasteiger partial charge in [0.25, 0.3) is 0 Å². The van der Waals surface area contributed by atoms with Gasteiger partial charge in [-0.2, -0.15) is 5.10 Å². The molecule has 5 heteroatoms. The number of aromatic nitrogens is 3. The molecule has 0 amide bonds. The van der Waals surface area contributed by atoms with E-state index in [1.54, 1.807) is 12.1 Å². The maximum absolute atomic E-state index is 11.4. The highest BCUT2D eigenvalue weighted by Gasteiger charge is 2.11. The zero-order chi connectivity index (χ0) is 20.6. The van der Waals surface area contributed by atoms with E-state index < -0.39 is 5.97 Å². The van der Waals surface area contributed by atoms with E-state index in [2.05, 4.69) is 38.1 Å². The van der Waals surface area contributed by atoms with Crippen molar-refractivity contribution in [3.05, 3.63) is 82.4 Å². The topological polar surface area (TPSA) is 68.0 Å². The Morgan fingerprint density at radius 2 is 1.69 bits per heavy atom. The lowest BCUT2D eigenvalue weighted by molar-refractivity contribution is 0.0696. The SMILES string of the molecule is CCCCc1nc(CCC)nn1Cc1ccc(Cc2ccccc2C(=O)O)cc1. The van der Waals surface area contributed by atoms with Gasteiger partial charge in [0.2, 0.25) is 0 Å². The van der Waals surface area contributed by atoms with E-state index in [-0.39, 0.29) is 0 Å². The van der Waals surface area contributed by atoms with Crippen LogP contribution in [0.25, 0.3) is 0 Å². The van der Waals surface area contributed by atoms with Gasteiger partial charge < -0.3 is 5.11 Å². The second-order valence-corrected chi connectivity index (χ2v) is 7.41. The van der Waals surface area contributed by atoms with Crippen LogP contribution in [-0.4, -0.2) is 25.8 Å². The highest BCUT2D eigenvalue weighted by Crippen LogP contribution is 2.16. The number of carboxylic acid groups (broad SMARTS) is 1. The molecule has 0 aliphatic carbocycles. The lowest BCUT2D eigenvalue weighted by Gasteiger charge is -2.09. The van der Waals surface area contributed by atoms with E-state index in [1.807, 2.05) is 16.8 Å². The van der Waals surface area contributed by atoms with Gasteiger partial charge in [0.1, 0.15) is 5.82 Å². The molecule has 0 bridgehead atoms. The second kappa shape index (κ2) is 10.0. The van der Waals surface area contributed by atoms with Crippen LogP contribution in [0.2, 0.25) is 0 Å². The summed E-state index contributed by atoms with van der Waals surface area (Å²) in [6.07, 6.45) is 5.78. The minimum Gasteiger partial charge on any atom is -0.478 e. The van der Waals surface area contributed by atoms with Gasteiger partial charge >= 0.3 is 5.97 Å². The summed E-state index contributed by atoms with van der Waals surface area (Å²) >= 11 is 0. The average Bonchev–Trinajstić information content (AvgIpc) is 3.09. The highest BCUT2D eigenvalue weighted by molar-refractivity contribution is 5.89. The van der Waals surface area contributed by atoms with E-state index in [0.717, 1.165) is 54.9 Å². The standard InChI is InChI=1S/C24H29N3O2/c1-3-5-11-23-25-22(8-4-2)26-27(23)17-19-14-12-18(13-15-19)16-20-9-6-7-10-21(20)24(28)29/h6-7,9-10,12-15H,3-5,8,11,16-17H2,1-2H3,(H,28,29). The van der Waals surface area contributed by atoms with Crippen LogP contribution in [0.15, 0.2) is 48.5 Å². The first-order valence-electron chi connectivity index (χ1n) is 10.4. The largest absolute Gasteiger partial charge is 0.478 e. The van der Waals surface area contributed by atoms with Gasteiger partial charge in [-0.05, 0) is 42.0 Å². The normalized spacial score (nSPS) is 11.0. The summed E-state index contributed by atoms with van der Waals surface area (Å²) in [4.78, 5) is 16.1. The van der Waals surface area contributed by atoms with Gasteiger partial charge in [-0.3, -0.25) is 0 Å². The number of aromatic carboxylic acids is 1. The first kappa shape index (κ1) is 20.8. The Morgan fingerprint density at radius 1 is 0.966 bits per heavy atom. The fraction of sp³-hybridized carbons (Fsp3) is 0.375. The molecule has 3 rings (SSSR count). The molecule has 3 aromatic rings. The zero-order valence-corrected chi connectivity index (χ0v) is 17.3. The molecule has 0 unspecified atom stereocenters. The van der Waals surface area contributed by atoms with Gasteiger partial charge in [0, 0.05) is 12.8 Å². The van der Waals surface area contributed by atoms with Crippen LogP contribution >= 0.6 is 0 Å². The summed E-state index contributed by atoms with van der Waals surface area (Å²) < 4.78 is 2.04. The minimum atomic E-state index is -0.883. The average molecular weight is 392 g/mol. The summed E-state index contributed by atoms with van der Waals surface area (Å²) in [5, 5.41) is 14.1. The maximum Gasteiger partial charge on any atom is 0.335 e. The van der Waals surface area contributed by atoms with E-state index >= 15 is 0 Å². The third-order valence-corrected chi connectivity index (χ3v) is 5.02. The lowest BCUT2D eigenvalue weighted by Crippen LogP contribution is -2.07. The van der Waals surface area contributed by atoms with Crippen LogP contribution in [0.4, 0.5) is 0 Å². The molecule has 1 heterocycles. The molecule has 0 aliphatic rings. The molecule has 152 valence electrons. The molecule has 2 aromatic carbocycles. The smallest absolute Gasteiger partial charge is 0.335 e. The Kier molecular flexibility index (Phi) is 7.17. The predicted molar refractivity (Wildman–Crippen MR) is 114 cm³/mol. The number of rotatable bonds is 10. The molecule has 0 aliphatic heterocycles. The molecule has 1 aromatic heterocycles. The third-order valence-electron chi connectivity index (χ3n) is 5.02. The number of benzene rings is 2. The maximum atomic E-state index is 11.4. The Bertz CT molecular complexity index is 945. The summed E-state index contributed by atoms with van der Waals surface area (Å²) in [6.45, 7) is 5.05. The molecular formula is C24H29N3O2. The van der Waals surface area contributed by atoms with Crippen LogP contribution in [0.3, 0.4) is 0 Å². The van der Waals surface area contributed by atoms with Crippen LogP contribution < -0.4 is 0 Å². The van der Waals surface area contributed by atoms with Crippen LogP contribution in [0, 0.1) is 0 Å². The first-order valence-corrected chi connectivity index (χ1v) is 10.4. The third kappa shape index (κ3) is 5.53. The summed E-state index contributed by atoms with van der Waals surface area (Å²) in [5.41, 5.74) is 3.46. The van der Waals surface area contributed by atoms with Crippen molar-refractivity contribution in [2.75, 3.05) is 0 Å². The van der Waals surface area contributed by atoms with Gasteiger partial charge in [0.15, 0.2) is 5.82 Å². The van der Waals surface area contributed by atoms with Crippen molar-refractivity contribution >= 4 is 5.97 Å². The number of nitrogens with zero attached hydrogens (tertiary/aromatic N) is 3. The number of hydrogen-bond donors (Lipinski definition) is 1. The Hall–Kier alpha value is -2.95. The molecule has 0 saturated heterocycles. The molecule has 5 nitrogen and oxygen atoms in total. The second-order valence-electron chi connectivity index (χ2n) is 7.41. The lowest BCUT2D eigenvalue weighted by atomic mass is 9.99. The number of carboxylic acids is 1. The molecule has 1 N–H and O–H groups in total. The van der Waals surface area contributed by atoms with E-state index in [9.17, 15) is 9.90 Å². The van der Waals surface area contributed by atoms with E-state index in [0.29, 0.717) is 18.5 Å². The van der Waals surface area contributed by atoms with Crippen molar-refractivity contribution in [1.29, 1.82) is 0 Å². The summed E-state index contributed by atoms with van der Waals surface area (Å²) in [6, 6.07) is 15.5. The van der Waals surface area contributed by atoms with Crippen molar-refractivity contribution in [2.24, 2.45) is 0 Å². The Labute approximate surface area is 172 Å². The Balaban J connectivity index is 1.73. The fourth-order valence-corrected chi connectivity index (χ4v) is 3.44. The molecule has 29 heavy (non-hydrogen) atoms. The van der Waals surface area contributed by atoms with Gasteiger partial charge in [-0.1, -0.05) is 62.7 Å². The van der Waals surface area contributed by atoms with Gasteiger partial charge in [-0.15, -0.1) is 0 Å². The van der Waals surface area contributed by atoms with E-state index in [1.165, 1.54) is 5.56 Å². The summed E-state index contributed by atoms with van der Waals surface area (Å²) in [7, 11) is 0. The predicted octanol–water partition coefficient (Wildman–Crippen LogP) is 4.91. The molecule has 0 saturated carbocycles. The van der Waals surface area contributed by atoms with Crippen molar-refractivity contribution in [3.63, 3.8) is 0 Å². The van der Waals surface area contributed by atoms with Crippen molar-refractivity contribution in [1.82, 2.24) is 14.8 Å². The van der Waals surface area contributed by atoms with Crippen molar-refractivity contribution in [2.45, 2.75) is 58.9 Å². The quantitative estimate of drug-likeness (QED) is 0.533. The van der Waals surface area contributed by atoms with Gasteiger partial charge in [0.05, 0.1) is 12.1 Å². The van der Waals surface area contributed by atoms with Crippen LogP contribution in [0.5, 0.6) is 0 Å². The zero-order valence-electron chi connectivity index (χ0n) is 17.3. The molecule has 0 fully saturated rings. The summed E-state index contributed by atoms with van der Waals surface area (Å²) in [5.74, 6) is 1.11. The Morgan fingerprint density at radius 3 is 2.38 bits per heavy atom. The monoisotopic (exact) mass is 391 g/mol. The van der Waals surface area contributed by atoms with Gasteiger partial charge in [-0.25, -0.2) is 14.5 Å². The number of carbonyl (C=O) groups is 1. The highest BCUT2D eigenvalue weighted by atomic mass is 16.4. The van der Waals surface area contributed by atoms with E-state index in [4.69, 9.17) is 10.1 Å². The van der Waals surface area contributed by atoms with Crippen molar-refractivity contribution in [3.8, 4) is 0 Å². The first-order chi connectivity index (χ1) is 14.1. The molecule has 0 radical (unpaired) electrons. The fourth-order valence-electron chi connectivity index (χ4n) is 3.44. The number of unbranched alkanes of at least 4 members (excludes halogenated alkanes) is 1. The number of hydrogen-bond acceptors (Lipinski definition) is 3. The molecular weight excluding hydrogens is 362 g/mol. The molecule has 0 spiro atoms. The molecule has 0 atom stereocenters. The minimum absolute atomic E-state index is 0.364. The van der Waals surface area contributed by atoms with Crippen LogP contribution in [0.1, 0.15) is 71.8 Å². The van der Waals surface area contributed by atoms with Crippen LogP contribution in [-0.2, 0) is 25.8 Å².